The first-order chi connectivity index (χ1) is 8.22. The third kappa shape index (κ3) is 2.78. The first kappa shape index (κ1) is 12.4. The molecule has 2 rings (SSSR count). The van der Waals surface area contributed by atoms with E-state index in [-0.39, 0.29) is 14.7 Å². The van der Waals surface area contributed by atoms with Crippen LogP contribution in [-0.4, -0.2) is 4.98 Å². The van der Waals surface area contributed by atoms with Crippen molar-refractivity contribution >= 4 is 19.9 Å². The molecule has 1 heterocycles. The van der Waals surface area contributed by atoms with Gasteiger partial charge in [0, 0.05) is 6.04 Å². The van der Waals surface area contributed by atoms with Crippen LogP contribution in [0.4, 0.5) is 0 Å². The van der Waals surface area contributed by atoms with Crippen molar-refractivity contribution in [2.75, 3.05) is 0 Å². The van der Waals surface area contributed by atoms with Crippen LogP contribution in [-0.2, 0) is 4.57 Å². The van der Waals surface area contributed by atoms with Crippen LogP contribution in [0.15, 0.2) is 29.8 Å². The number of hydrogen-bond acceptors (Lipinski definition) is 3. The lowest BCUT2D eigenvalue weighted by molar-refractivity contribution is 0.583. The molecule has 1 aromatic carbocycles. The quantitative estimate of drug-likeness (QED) is 0.849. The number of hydrogen-bond donors (Lipinski definition) is 1. The molecule has 0 radical (unpaired) electrons. The largest absolute Gasteiger partial charge is 0.256 e. The smallest absolute Gasteiger partial charge is 0.246 e. The lowest BCUT2D eigenvalue weighted by atomic mass is 10.1. The summed E-state index contributed by atoms with van der Waals surface area (Å²) in [6.07, 6.45) is 0. The zero-order valence-electron chi connectivity index (χ0n) is 9.68. The van der Waals surface area contributed by atoms with Gasteiger partial charge in [-0.2, -0.15) is 0 Å². The molecule has 1 atom stereocenters. The number of rotatable bonds is 4. The molecular weight excluding hydrogens is 251 g/mol. The maximum atomic E-state index is 10.5. The molecule has 1 N–H and O–H groups in total. The molecule has 0 saturated heterocycles. The number of benzene rings is 1. The third-order valence-electron chi connectivity index (χ3n) is 2.66. The van der Waals surface area contributed by atoms with Crippen molar-refractivity contribution in [3.63, 3.8) is 0 Å². The molecule has 0 aliphatic carbocycles. The number of nitrogens with one attached hydrogen (secondary N) is 1. The molecule has 0 spiro atoms. The molecule has 0 fully saturated rings. The van der Waals surface area contributed by atoms with Gasteiger partial charge in [0.2, 0.25) is 8.61 Å². The Labute approximate surface area is 106 Å². The Morgan fingerprint density at radius 2 is 2.06 bits per heavy atom. The molecule has 0 aliphatic heterocycles. The predicted molar refractivity (Wildman–Crippen MR) is 71.4 cm³/mol. The SMILES string of the molecule is Cc1ncsc1-c1ccc([C@H](C)NP=O)cc1. The van der Waals surface area contributed by atoms with Gasteiger partial charge >= 0.3 is 0 Å². The van der Waals surface area contributed by atoms with Gasteiger partial charge in [0.25, 0.3) is 0 Å². The normalized spacial score (nSPS) is 12.8. The summed E-state index contributed by atoms with van der Waals surface area (Å²) in [6, 6.07) is 8.35. The van der Waals surface area contributed by atoms with E-state index in [1.165, 1.54) is 10.4 Å². The zero-order valence-corrected chi connectivity index (χ0v) is 11.4. The van der Waals surface area contributed by atoms with Crippen LogP contribution >= 0.6 is 19.9 Å². The van der Waals surface area contributed by atoms with Crippen LogP contribution < -0.4 is 5.09 Å². The van der Waals surface area contributed by atoms with Crippen molar-refractivity contribution in [3.8, 4) is 10.4 Å². The molecular formula is C12H13N2OPS. The number of thiazole rings is 1. The Hall–Kier alpha value is -1.09. The van der Waals surface area contributed by atoms with Crippen molar-refractivity contribution in [3.05, 3.63) is 41.0 Å². The summed E-state index contributed by atoms with van der Waals surface area (Å²) in [7, 11) is -0.0351. The van der Waals surface area contributed by atoms with E-state index in [1.54, 1.807) is 11.3 Å². The summed E-state index contributed by atoms with van der Waals surface area (Å²) < 4.78 is 10.5. The monoisotopic (exact) mass is 264 g/mol. The second-order valence-corrected chi connectivity index (χ2v) is 5.13. The van der Waals surface area contributed by atoms with E-state index in [9.17, 15) is 4.57 Å². The molecule has 2 aromatic rings. The van der Waals surface area contributed by atoms with Crippen LogP contribution in [0.3, 0.4) is 0 Å². The fourth-order valence-electron chi connectivity index (χ4n) is 1.66. The van der Waals surface area contributed by atoms with Gasteiger partial charge in [-0.15, -0.1) is 11.3 Å². The van der Waals surface area contributed by atoms with Crippen LogP contribution in [0.5, 0.6) is 0 Å². The Kier molecular flexibility index (Phi) is 4.00. The fourth-order valence-corrected chi connectivity index (χ4v) is 2.77. The molecule has 0 aliphatic rings. The van der Waals surface area contributed by atoms with E-state index in [1.807, 2.05) is 19.4 Å². The summed E-state index contributed by atoms with van der Waals surface area (Å²) >= 11 is 1.65. The van der Waals surface area contributed by atoms with Crippen LogP contribution in [0.25, 0.3) is 10.4 Å². The first-order valence-electron chi connectivity index (χ1n) is 5.30. The minimum absolute atomic E-state index is 0.0351. The highest BCUT2D eigenvalue weighted by Gasteiger charge is 2.07. The number of aryl methyl sites for hydroxylation is 1. The number of aromatic nitrogens is 1. The summed E-state index contributed by atoms with van der Waals surface area (Å²) in [5, 5.41) is 2.83. The van der Waals surface area contributed by atoms with Crippen molar-refractivity contribution in [1.82, 2.24) is 10.1 Å². The van der Waals surface area contributed by atoms with Crippen LogP contribution in [0, 0.1) is 6.92 Å². The van der Waals surface area contributed by atoms with Crippen molar-refractivity contribution in [1.29, 1.82) is 0 Å². The molecule has 0 unspecified atom stereocenters. The standard InChI is InChI=1S/C12H13N2OPS/c1-8(14-16-15)10-3-5-11(6-4-10)12-9(2)13-7-17-12/h3-8H,1-2H3,(H,14,15)/t8-/m0/s1. The maximum Gasteiger partial charge on any atom is 0.246 e. The van der Waals surface area contributed by atoms with Gasteiger partial charge in [0.15, 0.2) is 0 Å². The predicted octanol–water partition coefficient (Wildman–Crippen LogP) is 3.98. The molecule has 88 valence electrons. The maximum absolute atomic E-state index is 10.5. The Morgan fingerprint density at radius 3 is 2.59 bits per heavy atom. The Balaban J connectivity index is 2.24. The molecule has 17 heavy (non-hydrogen) atoms. The Bertz CT molecular complexity index is 509. The average Bonchev–Trinajstić information content (AvgIpc) is 2.76. The van der Waals surface area contributed by atoms with E-state index >= 15 is 0 Å². The highest BCUT2D eigenvalue weighted by Crippen LogP contribution is 2.28. The van der Waals surface area contributed by atoms with E-state index in [0.29, 0.717) is 0 Å². The fraction of sp³-hybridized carbons (Fsp3) is 0.250. The topological polar surface area (TPSA) is 42.0 Å². The third-order valence-corrected chi connectivity index (χ3v) is 4.14. The summed E-state index contributed by atoms with van der Waals surface area (Å²) in [4.78, 5) is 5.45. The zero-order chi connectivity index (χ0) is 12.3. The lowest BCUT2D eigenvalue weighted by Gasteiger charge is -2.09. The van der Waals surface area contributed by atoms with Gasteiger partial charge in [0.05, 0.1) is 16.1 Å². The van der Waals surface area contributed by atoms with Crippen LogP contribution in [0.2, 0.25) is 0 Å². The van der Waals surface area contributed by atoms with Gasteiger partial charge < -0.3 is 0 Å². The van der Waals surface area contributed by atoms with Crippen molar-refractivity contribution < 1.29 is 4.57 Å². The highest BCUT2D eigenvalue weighted by molar-refractivity contribution is 7.21. The summed E-state index contributed by atoms with van der Waals surface area (Å²) in [6.45, 7) is 4.00. The van der Waals surface area contributed by atoms with Gasteiger partial charge in [-0.05, 0) is 25.0 Å². The average molecular weight is 264 g/mol. The summed E-state index contributed by atoms with van der Waals surface area (Å²) in [5.41, 5.74) is 5.23. The minimum atomic E-state index is -0.0351. The van der Waals surface area contributed by atoms with Crippen molar-refractivity contribution in [2.45, 2.75) is 19.9 Å². The van der Waals surface area contributed by atoms with E-state index in [4.69, 9.17) is 0 Å². The van der Waals surface area contributed by atoms with Crippen LogP contribution in [0.1, 0.15) is 24.2 Å². The summed E-state index contributed by atoms with van der Waals surface area (Å²) in [5.74, 6) is 0. The minimum Gasteiger partial charge on any atom is -0.256 e. The molecule has 1 aromatic heterocycles. The van der Waals surface area contributed by atoms with E-state index in [0.717, 1.165) is 11.3 Å². The highest BCUT2D eigenvalue weighted by atomic mass is 32.1. The van der Waals surface area contributed by atoms with Gasteiger partial charge in [-0.3, -0.25) is 4.57 Å². The molecule has 5 heteroatoms. The molecule has 3 nitrogen and oxygen atoms in total. The number of nitrogens with zero attached hydrogens (tertiary/aromatic N) is 1. The molecule has 0 amide bonds. The van der Waals surface area contributed by atoms with Gasteiger partial charge in [0.1, 0.15) is 0 Å². The van der Waals surface area contributed by atoms with Crippen molar-refractivity contribution in [2.24, 2.45) is 0 Å². The van der Waals surface area contributed by atoms with E-state index < -0.39 is 0 Å². The lowest BCUT2D eigenvalue weighted by Crippen LogP contribution is -2.06. The Morgan fingerprint density at radius 1 is 1.35 bits per heavy atom. The van der Waals surface area contributed by atoms with Gasteiger partial charge in [-0.25, -0.2) is 10.1 Å². The second kappa shape index (κ2) is 5.50. The first-order valence-corrected chi connectivity index (χ1v) is 7.00. The molecule has 0 saturated carbocycles. The van der Waals surface area contributed by atoms with E-state index in [2.05, 4.69) is 34.3 Å². The molecule has 0 bridgehead atoms. The second-order valence-electron chi connectivity index (χ2n) is 3.83. The van der Waals surface area contributed by atoms with Gasteiger partial charge in [-0.1, -0.05) is 24.3 Å².